The van der Waals surface area contributed by atoms with Crippen molar-refractivity contribution in [2.24, 2.45) is 5.73 Å². The van der Waals surface area contributed by atoms with Crippen LogP contribution in [0.3, 0.4) is 0 Å². The van der Waals surface area contributed by atoms with Gasteiger partial charge in [-0.05, 0) is 38.4 Å². The van der Waals surface area contributed by atoms with Crippen LogP contribution in [-0.4, -0.2) is 35.9 Å². The quantitative estimate of drug-likeness (QED) is 0.644. The molecular formula is C19H19N3O3S. The van der Waals surface area contributed by atoms with Crippen LogP contribution >= 0.6 is 11.3 Å². The molecule has 0 aliphatic carbocycles. The highest BCUT2D eigenvalue weighted by atomic mass is 32.1. The number of amides is 2. The third-order valence-corrected chi connectivity index (χ3v) is 5.10. The molecule has 2 aromatic carbocycles. The van der Waals surface area contributed by atoms with Gasteiger partial charge in [-0.25, -0.2) is 0 Å². The van der Waals surface area contributed by atoms with E-state index in [4.69, 9.17) is 5.73 Å². The molecule has 0 aliphatic heterocycles. The number of nitrogens with two attached hydrogens (primary N) is 1. The standard InChI is InChI=1S/C19H19N3O3S/c1-22(2)10-13-14(23)9-8-12-15(17(20)24)19(26-16(12)13)21-18(25)11-6-4-3-5-7-11/h3-9,23H,10H2,1-2H3,(H2,20,24)(H,21,25). The number of hydrogen-bond acceptors (Lipinski definition) is 5. The van der Waals surface area contributed by atoms with Crippen molar-refractivity contribution in [1.29, 1.82) is 0 Å². The fourth-order valence-corrected chi connectivity index (χ4v) is 4.01. The molecule has 0 saturated carbocycles. The van der Waals surface area contributed by atoms with Crippen molar-refractivity contribution >= 4 is 38.2 Å². The van der Waals surface area contributed by atoms with Crippen molar-refractivity contribution in [3.8, 4) is 5.75 Å². The smallest absolute Gasteiger partial charge is 0.256 e. The lowest BCUT2D eigenvalue weighted by Gasteiger charge is -2.12. The predicted molar refractivity (Wildman–Crippen MR) is 104 cm³/mol. The minimum absolute atomic E-state index is 0.143. The Morgan fingerprint density at radius 1 is 1.15 bits per heavy atom. The first-order chi connectivity index (χ1) is 12.4. The lowest BCUT2D eigenvalue weighted by molar-refractivity contribution is 0.100. The molecule has 0 radical (unpaired) electrons. The molecule has 0 atom stereocenters. The highest BCUT2D eigenvalue weighted by Crippen LogP contribution is 2.41. The topological polar surface area (TPSA) is 95.7 Å². The average molecular weight is 369 g/mol. The molecule has 0 unspecified atom stereocenters. The summed E-state index contributed by atoms with van der Waals surface area (Å²) in [5, 5.41) is 14.0. The summed E-state index contributed by atoms with van der Waals surface area (Å²) in [6.07, 6.45) is 0. The molecule has 1 aromatic heterocycles. The number of rotatable bonds is 5. The van der Waals surface area contributed by atoms with Gasteiger partial charge in [-0.3, -0.25) is 9.59 Å². The fourth-order valence-electron chi connectivity index (χ4n) is 2.77. The maximum absolute atomic E-state index is 12.5. The summed E-state index contributed by atoms with van der Waals surface area (Å²) in [5.41, 5.74) is 7.01. The minimum atomic E-state index is -0.624. The molecule has 6 nitrogen and oxygen atoms in total. The number of carbonyl (C=O) groups excluding carboxylic acids is 2. The monoisotopic (exact) mass is 369 g/mol. The number of benzene rings is 2. The van der Waals surface area contributed by atoms with Crippen LogP contribution in [-0.2, 0) is 6.54 Å². The van der Waals surface area contributed by atoms with Crippen molar-refractivity contribution < 1.29 is 14.7 Å². The van der Waals surface area contributed by atoms with Gasteiger partial charge in [0.1, 0.15) is 10.8 Å². The average Bonchev–Trinajstić information content (AvgIpc) is 2.96. The molecule has 2 amide bonds. The van der Waals surface area contributed by atoms with E-state index in [9.17, 15) is 14.7 Å². The van der Waals surface area contributed by atoms with Crippen LogP contribution in [0.1, 0.15) is 26.3 Å². The summed E-state index contributed by atoms with van der Waals surface area (Å²) in [5.74, 6) is -0.802. The van der Waals surface area contributed by atoms with Gasteiger partial charge in [0.05, 0.1) is 5.56 Å². The van der Waals surface area contributed by atoms with E-state index in [-0.39, 0.29) is 17.2 Å². The number of aromatic hydroxyl groups is 1. The van der Waals surface area contributed by atoms with E-state index in [0.717, 1.165) is 4.70 Å². The number of fused-ring (bicyclic) bond motifs is 1. The van der Waals surface area contributed by atoms with Crippen molar-refractivity contribution in [3.05, 3.63) is 59.2 Å². The van der Waals surface area contributed by atoms with Crippen LogP contribution in [0.4, 0.5) is 5.00 Å². The number of phenols is 1. The summed E-state index contributed by atoms with van der Waals surface area (Å²) in [7, 11) is 3.78. The minimum Gasteiger partial charge on any atom is -0.508 e. The molecule has 0 fully saturated rings. The van der Waals surface area contributed by atoms with E-state index in [2.05, 4.69) is 5.32 Å². The lowest BCUT2D eigenvalue weighted by Crippen LogP contribution is -2.16. The second kappa shape index (κ2) is 7.15. The SMILES string of the molecule is CN(C)Cc1c(O)ccc2c(C(N)=O)c(NC(=O)c3ccccc3)sc12. The highest BCUT2D eigenvalue weighted by Gasteiger charge is 2.22. The van der Waals surface area contributed by atoms with Gasteiger partial charge in [-0.15, -0.1) is 11.3 Å². The Morgan fingerprint density at radius 2 is 1.85 bits per heavy atom. The van der Waals surface area contributed by atoms with Crippen molar-refractivity contribution in [3.63, 3.8) is 0 Å². The predicted octanol–water partition coefficient (Wildman–Crippen LogP) is 3.02. The van der Waals surface area contributed by atoms with E-state index >= 15 is 0 Å². The Hall–Kier alpha value is -2.90. The second-order valence-electron chi connectivity index (χ2n) is 6.17. The maximum atomic E-state index is 12.5. The maximum Gasteiger partial charge on any atom is 0.256 e. The van der Waals surface area contributed by atoms with Gasteiger partial charge in [0.2, 0.25) is 0 Å². The van der Waals surface area contributed by atoms with Gasteiger partial charge < -0.3 is 21.1 Å². The molecular weight excluding hydrogens is 350 g/mol. The Morgan fingerprint density at radius 3 is 2.46 bits per heavy atom. The van der Waals surface area contributed by atoms with Gasteiger partial charge in [0.25, 0.3) is 11.8 Å². The zero-order valence-electron chi connectivity index (χ0n) is 14.4. The lowest BCUT2D eigenvalue weighted by atomic mass is 10.1. The van der Waals surface area contributed by atoms with Crippen molar-refractivity contribution in [2.45, 2.75) is 6.54 Å². The first-order valence-electron chi connectivity index (χ1n) is 7.96. The van der Waals surface area contributed by atoms with Crippen LogP contribution < -0.4 is 11.1 Å². The second-order valence-corrected chi connectivity index (χ2v) is 7.19. The van der Waals surface area contributed by atoms with Gasteiger partial charge in [0, 0.05) is 27.8 Å². The van der Waals surface area contributed by atoms with Crippen LogP contribution in [0.2, 0.25) is 0 Å². The molecule has 3 aromatic rings. The van der Waals surface area contributed by atoms with Crippen LogP contribution in [0, 0.1) is 0 Å². The number of hydrogen-bond donors (Lipinski definition) is 3. The van der Waals surface area contributed by atoms with E-state index in [0.29, 0.717) is 28.1 Å². The van der Waals surface area contributed by atoms with E-state index < -0.39 is 5.91 Å². The number of carbonyl (C=O) groups is 2. The first kappa shape index (κ1) is 17.9. The Kier molecular flexibility index (Phi) is 4.92. The number of thiophene rings is 1. The molecule has 3 rings (SSSR count). The van der Waals surface area contributed by atoms with Gasteiger partial charge >= 0.3 is 0 Å². The zero-order chi connectivity index (χ0) is 18.8. The van der Waals surface area contributed by atoms with E-state index in [1.807, 2.05) is 25.1 Å². The van der Waals surface area contributed by atoms with E-state index in [1.165, 1.54) is 11.3 Å². The summed E-state index contributed by atoms with van der Waals surface area (Å²) in [6.45, 7) is 0.494. The van der Waals surface area contributed by atoms with Gasteiger partial charge in [-0.1, -0.05) is 18.2 Å². The highest BCUT2D eigenvalue weighted by molar-refractivity contribution is 7.23. The van der Waals surface area contributed by atoms with Crippen LogP contribution in [0.25, 0.3) is 10.1 Å². The zero-order valence-corrected chi connectivity index (χ0v) is 15.3. The van der Waals surface area contributed by atoms with Crippen LogP contribution in [0.5, 0.6) is 5.75 Å². The Bertz CT molecular complexity index is 981. The molecule has 1 heterocycles. The fraction of sp³-hybridized carbons (Fsp3) is 0.158. The summed E-state index contributed by atoms with van der Waals surface area (Å²) in [6, 6.07) is 11.9. The van der Waals surface area contributed by atoms with E-state index in [1.54, 1.807) is 36.4 Å². The molecule has 134 valence electrons. The summed E-state index contributed by atoms with van der Waals surface area (Å²) < 4.78 is 0.732. The molecule has 0 spiro atoms. The summed E-state index contributed by atoms with van der Waals surface area (Å²) >= 11 is 1.24. The van der Waals surface area contributed by atoms with Crippen LogP contribution in [0.15, 0.2) is 42.5 Å². The molecule has 0 saturated heterocycles. The molecule has 0 aliphatic rings. The third-order valence-electron chi connectivity index (χ3n) is 3.92. The van der Waals surface area contributed by atoms with Crippen molar-refractivity contribution in [1.82, 2.24) is 4.90 Å². The molecule has 0 bridgehead atoms. The largest absolute Gasteiger partial charge is 0.508 e. The number of primary amides is 1. The number of phenolic OH excluding ortho intramolecular Hbond substituents is 1. The van der Waals surface area contributed by atoms with Crippen molar-refractivity contribution in [2.75, 3.05) is 19.4 Å². The summed E-state index contributed by atoms with van der Waals surface area (Å²) in [4.78, 5) is 26.4. The van der Waals surface area contributed by atoms with Gasteiger partial charge in [-0.2, -0.15) is 0 Å². The molecule has 4 N–H and O–H groups in total. The molecule has 26 heavy (non-hydrogen) atoms. The Balaban J connectivity index is 2.11. The van der Waals surface area contributed by atoms with Gasteiger partial charge in [0.15, 0.2) is 0 Å². The first-order valence-corrected chi connectivity index (χ1v) is 8.78. The number of anilines is 1. The number of nitrogens with one attached hydrogen (secondary N) is 1. The Labute approximate surface area is 154 Å². The third kappa shape index (κ3) is 3.40. The number of nitrogens with zero attached hydrogens (tertiary/aromatic N) is 1. The normalized spacial score (nSPS) is 11.0. The molecule has 7 heteroatoms.